The number of carbonyl (C=O) groups is 2. The van der Waals surface area contributed by atoms with Crippen LogP contribution in [-0.4, -0.2) is 24.0 Å². The quantitative estimate of drug-likeness (QED) is 0.833. The Morgan fingerprint density at radius 1 is 1.09 bits per heavy atom. The molecule has 2 aromatic rings. The average molecular weight is 299 g/mol. The summed E-state index contributed by atoms with van der Waals surface area (Å²) in [7, 11) is 1.54. The van der Waals surface area contributed by atoms with Gasteiger partial charge in [0.05, 0.1) is 0 Å². The van der Waals surface area contributed by atoms with Crippen molar-refractivity contribution in [1.29, 1.82) is 0 Å². The van der Waals surface area contributed by atoms with Gasteiger partial charge in [0.2, 0.25) is 5.91 Å². The number of amides is 1. The second kappa shape index (κ2) is 7.26. The molecule has 1 N–H and O–H groups in total. The molecule has 5 heteroatoms. The Morgan fingerprint density at radius 3 is 2.50 bits per heavy atom. The molecule has 0 unspecified atom stereocenters. The fraction of sp³-hybridized carbons (Fsp3) is 0.176. The van der Waals surface area contributed by atoms with Gasteiger partial charge in [0.1, 0.15) is 18.8 Å². The zero-order valence-corrected chi connectivity index (χ0v) is 12.2. The first-order chi connectivity index (χ1) is 10.6. The molecule has 5 nitrogen and oxygen atoms in total. The molecule has 0 heterocycles. The number of benzene rings is 2. The normalized spacial score (nSPS) is 10.0. The van der Waals surface area contributed by atoms with Crippen LogP contribution < -0.4 is 9.64 Å². The molecule has 0 aliphatic rings. The van der Waals surface area contributed by atoms with Gasteiger partial charge in [0, 0.05) is 18.8 Å². The maximum absolute atomic E-state index is 11.7. The average Bonchev–Trinajstić information content (AvgIpc) is 2.53. The summed E-state index contributed by atoms with van der Waals surface area (Å²) in [6.45, 7) is 0.428. The predicted octanol–water partition coefficient (Wildman–Crippen LogP) is 2.70. The second-order valence-electron chi connectivity index (χ2n) is 4.79. The van der Waals surface area contributed by atoms with Gasteiger partial charge in [0.15, 0.2) is 0 Å². The second-order valence-corrected chi connectivity index (χ2v) is 4.79. The summed E-state index contributed by atoms with van der Waals surface area (Å²) in [5, 5.41) is 8.67. The van der Waals surface area contributed by atoms with E-state index in [1.807, 2.05) is 30.3 Å². The molecule has 2 aromatic carbocycles. The van der Waals surface area contributed by atoms with E-state index in [1.54, 1.807) is 31.3 Å². The van der Waals surface area contributed by atoms with Crippen molar-refractivity contribution in [3.63, 3.8) is 0 Å². The molecule has 1 amide bonds. The number of rotatable bonds is 6. The molecule has 0 saturated heterocycles. The number of carboxylic acid groups (broad SMARTS) is 1. The van der Waals surface area contributed by atoms with Crippen LogP contribution in [0.2, 0.25) is 0 Å². The van der Waals surface area contributed by atoms with Crippen LogP contribution in [0.4, 0.5) is 5.69 Å². The van der Waals surface area contributed by atoms with Crippen LogP contribution >= 0.6 is 0 Å². The van der Waals surface area contributed by atoms with Gasteiger partial charge in [-0.2, -0.15) is 0 Å². The zero-order valence-electron chi connectivity index (χ0n) is 12.2. The minimum atomic E-state index is -1.15. The largest absolute Gasteiger partial charge is 0.489 e. The van der Waals surface area contributed by atoms with Gasteiger partial charge < -0.3 is 14.7 Å². The van der Waals surface area contributed by atoms with Crippen LogP contribution in [0.15, 0.2) is 54.6 Å². The Hall–Kier alpha value is -2.82. The van der Waals surface area contributed by atoms with Crippen molar-refractivity contribution in [3.05, 3.63) is 60.2 Å². The Kier molecular flexibility index (Phi) is 5.14. The van der Waals surface area contributed by atoms with Crippen LogP contribution in [0.5, 0.6) is 5.75 Å². The summed E-state index contributed by atoms with van der Waals surface area (Å²) in [5.74, 6) is -1.00. The topological polar surface area (TPSA) is 66.8 Å². The predicted molar refractivity (Wildman–Crippen MR) is 82.9 cm³/mol. The Balaban J connectivity index is 2.03. The standard InChI is InChI=1S/C17H17NO4/c1-18(16(19)11-17(20)21)14-8-5-9-15(10-14)22-12-13-6-3-2-4-7-13/h2-10H,11-12H2,1H3,(H,20,21). The third-order valence-corrected chi connectivity index (χ3v) is 3.13. The molecule has 0 spiro atoms. The summed E-state index contributed by atoms with van der Waals surface area (Å²) in [4.78, 5) is 23.7. The van der Waals surface area contributed by atoms with Gasteiger partial charge in [-0.25, -0.2) is 0 Å². The first-order valence-corrected chi connectivity index (χ1v) is 6.81. The van der Waals surface area contributed by atoms with Crippen LogP contribution in [0.25, 0.3) is 0 Å². The molecule has 0 saturated carbocycles. The number of hydrogen-bond acceptors (Lipinski definition) is 3. The third kappa shape index (κ3) is 4.34. The van der Waals surface area contributed by atoms with E-state index in [0.717, 1.165) is 5.56 Å². The van der Waals surface area contributed by atoms with Gasteiger partial charge in [-0.05, 0) is 17.7 Å². The van der Waals surface area contributed by atoms with Crippen molar-refractivity contribution in [2.24, 2.45) is 0 Å². The Morgan fingerprint density at radius 2 is 1.82 bits per heavy atom. The lowest BCUT2D eigenvalue weighted by Crippen LogP contribution is -2.28. The number of anilines is 1. The highest BCUT2D eigenvalue weighted by Crippen LogP contribution is 2.21. The Labute approximate surface area is 128 Å². The molecule has 22 heavy (non-hydrogen) atoms. The van der Waals surface area contributed by atoms with Gasteiger partial charge in [0.25, 0.3) is 0 Å². The monoisotopic (exact) mass is 299 g/mol. The first-order valence-electron chi connectivity index (χ1n) is 6.81. The number of nitrogens with zero attached hydrogens (tertiary/aromatic N) is 1. The Bertz CT molecular complexity index is 655. The molecular weight excluding hydrogens is 282 g/mol. The number of carboxylic acids is 1. The van der Waals surface area contributed by atoms with Gasteiger partial charge in [-0.15, -0.1) is 0 Å². The number of carbonyl (C=O) groups excluding carboxylic acids is 1. The smallest absolute Gasteiger partial charge is 0.312 e. The fourth-order valence-corrected chi connectivity index (χ4v) is 1.91. The van der Waals surface area contributed by atoms with E-state index < -0.39 is 18.3 Å². The summed E-state index contributed by atoms with van der Waals surface area (Å²) >= 11 is 0. The van der Waals surface area contributed by atoms with Crippen LogP contribution in [0.1, 0.15) is 12.0 Å². The molecule has 2 rings (SSSR count). The lowest BCUT2D eigenvalue weighted by atomic mass is 10.2. The molecule has 0 aromatic heterocycles. The summed E-state index contributed by atoms with van der Waals surface area (Å²) in [5.41, 5.74) is 1.64. The van der Waals surface area contributed by atoms with E-state index in [2.05, 4.69) is 0 Å². The summed E-state index contributed by atoms with van der Waals surface area (Å²) in [6.07, 6.45) is -0.536. The van der Waals surface area contributed by atoms with Crippen molar-refractivity contribution in [1.82, 2.24) is 0 Å². The van der Waals surface area contributed by atoms with Crippen molar-refractivity contribution >= 4 is 17.6 Å². The number of aliphatic carboxylic acids is 1. The molecule has 0 bridgehead atoms. The number of ether oxygens (including phenoxy) is 1. The molecule has 114 valence electrons. The summed E-state index contributed by atoms with van der Waals surface area (Å²) in [6, 6.07) is 16.7. The highest BCUT2D eigenvalue weighted by atomic mass is 16.5. The van der Waals surface area contributed by atoms with Crippen molar-refractivity contribution in [2.75, 3.05) is 11.9 Å². The summed E-state index contributed by atoms with van der Waals surface area (Å²) < 4.78 is 5.69. The van der Waals surface area contributed by atoms with E-state index in [0.29, 0.717) is 18.0 Å². The van der Waals surface area contributed by atoms with Gasteiger partial charge >= 0.3 is 5.97 Å². The molecule has 0 radical (unpaired) electrons. The molecule has 0 atom stereocenters. The van der Waals surface area contributed by atoms with E-state index in [9.17, 15) is 9.59 Å². The minimum absolute atomic E-state index is 0.428. The first kappa shape index (κ1) is 15.6. The maximum Gasteiger partial charge on any atom is 0.312 e. The number of hydrogen-bond donors (Lipinski definition) is 1. The van der Waals surface area contributed by atoms with Crippen molar-refractivity contribution in [2.45, 2.75) is 13.0 Å². The van der Waals surface area contributed by atoms with Gasteiger partial charge in [-0.1, -0.05) is 36.4 Å². The fourth-order valence-electron chi connectivity index (χ4n) is 1.91. The van der Waals surface area contributed by atoms with Crippen LogP contribution in [0.3, 0.4) is 0 Å². The lowest BCUT2D eigenvalue weighted by molar-refractivity contribution is -0.140. The molecular formula is C17H17NO4. The lowest BCUT2D eigenvalue weighted by Gasteiger charge is -2.17. The van der Waals surface area contributed by atoms with E-state index in [1.165, 1.54) is 4.90 Å². The van der Waals surface area contributed by atoms with Crippen LogP contribution in [-0.2, 0) is 16.2 Å². The third-order valence-electron chi connectivity index (χ3n) is 3.13. The highest BCUT2D eigenvalue weighted by Gasteiger charge is 2.14. The molecule has 0 aliphatic heterocycles. The van der Waals surface area contributed by atoms with Gasteiger partial charge in [-0.3, -0.25) is 9.59 Å². The molecule has 0 fully saturated rings. The van der Waals surface area contributed by atoms with E-state index in [4.69, 9.17) is 9.84 Å². The van der Waals surface area contributed by atoms with E-state index in [-0.39, 0.29) is 0 Å². The zero-order chi connectivity index (χ0) is 15.9. The maximum atomic E-state index is 11.7. The van der Waals surface area contributed by atoms with Crippen molar-refractivity contribution in [3.8, 4) is 5.75 Å². The van der Waals surface area contributed by atoms with Crippen LogP contribution in [0, 0.1) is 0 Å². The SMILES string of the molecule is CN(C(=O)CC(=O)O)c1cccc(OCc2ccccc2)c1. The minimum Gasteiger partial charge on any atom is -0.489 e. The van der Waals surface area contributed by atoms with Crippen molar-refractivity contribution < 1.29 is 19.4 Å². The van der Waals surface area contributed by atoms with E-state index >= 15 is 0 Å². The molecule has 0 aliphatic carbocycles. The highest BCUT2D eigenvalue weighted by molar-refractivity contribution is 6.02.